The Kier molecular flexibility index (Phi) is 8.43. The number of hydrogen-bond acceptors (Lipinski definition) is 5. The first kappa shape index (κ1) is 28.4. The van der Waals surface area contributed by atoms with Gasteiger partial charge in [-0.15, -0.1) is 0 Å². The standard InChI is InChI=1S/C24H29Br2N3O6S/c1-15-6-5-7-17(10-15)27-21(30)35-14-24(23(2,3)4)12-18(13-29(24)22(31)32)28-36(33,34)20-11-16(25)8-9-19(20)26/h5-11,18,28H,12-14H2,1-4H3,(H,27,30)(H,31,32)/t18-,24+/m1/s1. The Morgan fingerprint density at radius 2 is 1.89 bits per heavy atom. The van der Waals surface area contributed by atoms with Crippen molar-refractivity contribution in [2.45, 2.75) is 50.6 Å². The smallest absolute Gasteiger partial charge is 0.411 e. The van der Waals surface area contributed by atoms with Gasteiger partial charge in [0.05, 0.1) is 10.4 Å². The van der Waals surface area contributed by atoms with Gasteiger partial charge in [-0.2, -0.15) is 0 Å². The van der Waals surface area contributed by atoms with Crippen molar-refractivity contribution < 1.29 is 27.9 Å². The number of carboxylic acid groups (broad SMARTS) is 1. The van der Waals surface area contributed by atoms with E-state index < -0.39 is 39.2 Å². The molecule has 0 aromatic heterocycles. The van der Waals surface area contributed by atoms with Gasteiger partial charge in [0.1, 0.15) is 6.61 Å². The van der Waals surface area contributed by atoms with E-state index in [-0.39, 0.29) is 24.5 Å². The van der Waals surface area contributed by atoms with Crippen molar-refractivity contribution in [2.24, 2.45) is 5.41 Å². The molecule has 0 unspecified atom stereocenters. The van der Waals surface area contributed by atoms with E-state index in [1.165, 1.54) is 11.0 Å². The van der Waals surface area contributed by atoms with Gasteiger partial charge >= 0.3 is 12.2 Å². The van der Waals surface area contributed by atoms with E-state index in [4.69, 9.17) is 4.74 Å². The first-order chi connectivity index (χ1) is 16.6. The van der Waals surface area contributed by atoms with Crippen LogP contribution in [0.1, 0.15) is 32.8 Å². The highest BCUT2D eigenvalue weighted by molar-refractivity contribution is 9.11. The van der Waals surface area contributed by atoms with E-state index in [1.54, 1.807) is 30.3 Å². The third-order valence-electron chi connectivity index (χ3n) is 6.34. The van der Waals surface area contributed by atoms with Crippen LogP contribution < -0.4 is 10.0 Å². The molecule has 1 aliphatic heterocycles. The zero-order valence-electron chi connectivity index (χ0n) is 20.3. The van der Waals surface area contributed by atoms with Crippen molar-refractivity contribution in [3.8, 4) is 0 Å². The largest absolute Gasteiger partial charge is 0.465 e. The molecule has 196 valence electrons. The van der Waals surface area contributed by atoms with Crippen molar-refractivity contribution in [1.82, 2.24) is 9.62 Å². The normalized spacial score (nSPS) is 20.3. The maximum Gasteiger partial charge on any atom is 0.411 e. The number of hydrogen-bond donors (Lipinski definition) is 3. The number of likely N-dealkylation sites (tertiary alicyclic amines) is 1. The lowest BCUT2D eigenvalue weighted by atomic mass is 9.72. The van der Waals surface area contributed by atoms with Crippen LogP contribution in [-0.4, -0.2) is 55.3 Å². The average Bonchev–Trinajstić information content (AvgIpc) is 3.13. The highest BCUT2D eigenvalue weighted by Gasteiger charge is 2.56. The Hall–Kier alpha value is -2.15. The second-order valence-corrected chi connectivity index (χ2v) is 13.3. The van der Waals surface area contributed by atoms with Crippen molar-refractivity contribution in [3.63, 3.8) is 0 Å². The molecule has 1 aliphatic rings. The number of carbonyl (C=O) groups is 2. The van der Waals surface area contributed by atoms with Gasteiger partial charge in [0.2, 0.25) is 10.0 Å². The summed E-state index contributed by atoms with van der Waals surface area (Å²) in [5.74, 6) is 0. The molecule has 1 saturated heterocycles. The van der Waals surface area contributed by atoms with Crippen LogP contribution in [-0.2, 0) is 14.8 Å². The summed E-state index contributed by atoms with van der Waals surface area (Å²) in [6, 6.07) is 11.2. The minimum absolute atomic E-state index is 0.0285. The summed E-state index contributed by atoms with van der Waals surface area (Å²) < 4.78 is 35.5. The van der Waals surface area contributed by atoms with Crippen LogP contribution in [0.2, 0.25) is 0 Å². The second-order valence-electron chi connectivity index (χ2n) is 9.84. The third kappa shape index (κ3) is 6.21. The molecule has 2 aromatic carbocycles. The summed E-state index contributed by atoms with van der Waals surface area (Å²) in [6.07, 6.45) is -1.83. The van der Waals surface area contributed by atoms with Gasteiger partial charge in [0.25, 0.3) is 0 Å². The van der Waals surface area contributed by atoms with Gasteiger partial charge < -0.3 is 9.84 Å². The van der Waals surface area contributed by atoms with Crippen molar-refractivity contribution >= 4 is 59.8 Å². The second kappa shape index (κ2) is 10.7. The monoisotopic (exact) mass is 645 g/mol. The van der Waals surface area contributed by atoms with Crippen molar-refractivity contribution in [1.29, 1.82) is 0 Å². The number of amides is 2. The number of halogens is 2. The Balaban J connectivity index is 1.84. The number of ether oxygens (including phenoxy) is 1. The topological polar surface area (TPSA) is 125 Å². The maximum absolute atomic E-state index is 13.2. The lowest BCUT2D eigenvalue weighted by molar-refractivity contribution is -0.0154. The van der Waals surface area contributed by atoms with Crippen molar-refractivity contribution in [2.75, 3.05) is 18.5 Å². The summed E-state index contributed by atoms with van der Waals surface area (Å²) in [5.41, 5.74) is -0.355. The number of benzene rings is 2. The zero-order chi connectivity index (χ0) is 26.9. The molecule has 0 aliphatic carbocycles. The van der Waals surface area contributed by atoms with E-state index in [1.807, 2.05) is 33.8 Å². The fourth-order valence-corrected chi connectivity index (χ4v) is 7.14. The van der Waals surface area contributed by atoms with Gasteiger partial charge in [0, 0.05) is 27.2 Å². The van der Waals surface area contributed by atoms with Crippen LogP contribution in [0, 0.1) is 12.3 Å². The molecule has 0 bridgehead atoms. The number of carbonyl (C=O) groups excluding carboxylic acids is 1. The highest BCUT2D eigenvalue weighted by Crippen LogP contribution is 2.44. The number of sulfonamides is 1. The molecule has 0 spiro atoms. The minimum atomic E-state index is -3.98. The molecule has 0 saturated carbocycles. The van der Waals surface area contributed by atoms with E-state index in [0.29, 0.717) is 14.6 Å². The average molecular weight is 647 g/mol. The lowest BCUT2D eigenvalue weighted by Crippen LogP contribution is -2.58. The van der Waals surface area contributed by atoms with Gasteiger partial charge in [-0.25, -0.2) is 22.7 Å². The van der Waals surface area contributed by atoms with Crippen molar-refractivity contribution in [3.05, 3.63) is 57.0 Å². The Morgan fingerprint density at radius 3 is 2.50 bits per heavy atom. The van der Waals surface area contributed by atoms with E-state index in [2.05, 4.69) is 41.9 Å². The predicted octanol–water partition coefficient (Wildman–Crippen LogP) is 5.58. The summed E-state index contributed by atoms with van der Waals surface area (Å²) >= 11 is 6.55. The highest BCUT2D eigenvalue weighted by atomic mass is 79.9. The zero-order valence-corrected chi connectivity index (χ0v) is 24.3. The first-order valence-electron chi connectivity index (χ1n) is 11.1. The molecular weight excluding hydrogens is 618 g/mol. The number of nitrogens with one attached hydrogen (secondary N) is 2. The van der Waals surface area contributed by atoms with E-state index in [0.717, 1.165) is 5.56 Å². The molecule has 2 aromatic rings. The summed E-state index contributed by atoms with van der Waals surface area (Å²) in [6.45, 7) is 7.06. The van der Waals surface area contributed by atoms with E-state index >= 15 is 0 Å². The van der Waals surface area contributed by atoms with Crippen LogP contribution in [0.4, 0.5) is 15.3 Å². The molecule has 9 nitrogen and oxygen atoms in total. The van der Waals surface area contributed by atoms with E-state index in [9.17, 15) is 23.1 Å². The Labute approximate surface area is 227 Å². The first-order valence-corrected chi connectivity index (χ1v) is 14.2. The summed E-state index contributed by atoms with van der Waals surface area (Å²) in [4.78, 5) is 26.1. The van der Waals surface area contributed by atoms with Crippen LogP contribution in [0.5, 0.6) is 0 Å². The minimum Gasteiger partial charge on any atom is -0.465 e. The van der Waals surface area contributed by atoms with Crippen LogP contribution >= 0.6 is 31.9 Å². The van der Waals surface area contributed by atoms with Crippen LogP contribution in [0.25, 0.3) is 0 Å². The molecule has 12 heteroatoms. The van der Waals surface area contributed by atoms with Gasteiger partial charge in [-0.1, -0.05) is 48.8 Å². The fraction of sp³-hybridized carbons (Fsp3) is 0.417. The van der Waals surface area contributed by atoms with Crippen LogP contribution in [0.15, 0.2) is 56.3 Å². The SMILES string of the molecule is Cc1cccc(NC(=O)OC[C@]2(C(C)(C)C)C[C@@H](NS(=O)(=O)c3cc(Br)ccc3Br)CN2C(=O)O)c1. The molecule has 3 rings (SSSR count). The molecule has 1 heterocycles. The Bertz CT molecular complexity index is 1260. The predicted molar refractivity (Wildman–Crippen MR) is 144 cm³/mol. The van der Waals surface area contributed by atoms with Crippen LogP contribution in [0.3, 0.4) is 0 Å². The Morgan fingerprint density at radius 1 is 1.19 bits per heavy atom. The third-order valence-corrected chi connectivity index (χ3v) is 9.35. The number of nitrogens with zero attached hydrogens (tertiary/aromatic N) is 1. The number of aryl methyl sites for hydroxylation is 1. The summed E-state index contributed by atoms with van der Waals surface area (Å²) in [7, 11) is -3.98. The number of rotatable bonds is 6. The maximum atomic E-state index is 13.2. The quantitative estimate of drug-likeness (QED) is 0.376. The fourth-order valence-electron chi connectivity index (χ4n) is 4.41. The molecule has 1 fully saturated rings. The van der Waals surface area contributed by atoms with Gasteiger partial charge in [-0.05, 0) is 70.6 Å². The summed E-state index contributed by atoms with van der Waals surface area (Å²) in [5, 5.41) is 12.7. The molecule has 0 radical (unpaired) electrons. The molecule has 2 atom stereocenters. The molecule has 3 N–H and O–H groups in total. The van der Waals surface area contributed by atoms with Gasteiger partial charge in [-0.3, -0.25) is 10.2 Å². The lowest BCUT2D eigenvalue weighted by Gasteiger charge is -2.46. The molecule has 2 amide bonds. The molecule has 36 heavy (non-hydrogen) atoms. The number of anilines is 1. The van der Waals surface area contributed by atoms with Gasteiger partial charge in [0.15, 0.2) is 0 Å². The molecular formula is C24H29Br2N3O6S.